The van der Waals surface area contributed by atoms with Crippen LogP contribution in [0.25, 0.3) is 0 Å². The van der Waals surface area contributed by atoms with Gasteiger partial charge in [-0.05, 0) is 31.2 Å². The Balaban J connectivity index is 2.10. The van der Waals surface area contributed by atoms with E-state index in [4.69, 9.17) is 11.6 Å². The first-order chi connectivity index (χ1) is 8.22. The number of halogens is 1. The zero-order valence-corrected chi connectivity index (χ0v) is 11.4. The van der Waals surface area contributed by atoms with Gasteiger partial charge in [0.1, 0.15) is 5.82 Å². The molecule has 1 aliphatic rings. The predicted molar refractivity (Wildman–Crippen MR) is 72.9 cm³/mol. The predicted octanol–water partition coefficient (Wildman–Crippen LogP) is 2.27. The summed E-state index contributed by atoms with van der Waals surface area (Å²) >= 11 is 5.90. The molecule has 0 amide bonds. The summed E-state index contributed by atoms with van der Waals surface area (Å²) < 4.78 is 0. The van der Waals surface area contributed by atoms with E-state index >= 15 is 0 Å². The van der Waals surface area contributed by atoms with Gasteiger partial charge in [-0.1, -0.05) is 6.92 Å². The molecule has 4 heteroatoms. The van der Waals surface area contributed by atoms with Crippen molar-refractivity contribution in [3.63, 3.8) is 0 Å². The van der Waals surface area contributed by atoms with Crippen molar-refractivity contribution >= 4 is 17.4 Å². The van der Waals surface area contributed by atoms with Gasteiger partial charge in [-0.25, -0.2) is 4.98 Å². The van der Waals surface area contributed by atoms with Gasteiger partial charge >= 0.3 is 0 Å². The van der Waals surface area contributed by atoms with E-state index in [1.54, 1.807) is 0 Å². The molecule has 1 aromatic heterocycles. The van der Waals surface area contributed by atoms with Crippen molar-refractivity contribution in [3.05, 3.63) is 23.4 Å². The van der Waals surface area contributed by atoms with E-state index in [2.05, 4.69) is 33.8 Å². The molecular formula is C13H20ClN3. The van der Waals surface area contributed by atoms with Crippen LogP contribution in [0.3, 0.4) is 0 Å². The Hall–Kier alpha value is -0.800. The third kappa shape index (κ3) is 3.11. The summed E-state index contributed by atoms with van der Waals surface area (Å²) in [4.78, 5) is 9.43. The molecule has 94 valence electrons. The Bertz CT molecular complexity index is 373. The first-order valence-corrected chi connectivity index (χ1v) is 6.77. The van der Waals surface area contributed by atoms with Gasteiger partial charge in [-0.3, -0.25) is 0 Å². The summed E-state index contributed by atoms with van der Waals surface area (Å²) in [7, 11) is 0. The average Bonchev–Trinajstić information content (AvgIpc) is 2.38. The van der Waals surface area contributed by atoms with Crippen LogP contribution in [-0.2, 0) is 5.88 Å². The molecule has 3 nitrogen and oxygen atoms in total. The fourth-order valence-corrected chi connectivity index (χ4v) is 2.41. The largest absolute Gasteiger partial charge is 0.354 e. The smallest absolute Gasteiger partial charge is 0.129 e. The SMILES string of the molecule is CCN1CCN(c2cc(CCl)cc(C)n2)CC1. The third-order valence-corrected chi connectivity index (χ3v) is 3.61. The van der Waals surface area contributed by atoms with E-state index in [0.717, 1.165) is 49.8 Å². The lowest BCUT2D eigenvalue weighted by Gasteiger charge is -2.35. The van der Waals surface area contributed by atoms with Crippen LogP contribution in [0, 0.1) is 6.92 Å². The van der Waals surface area contributed by atoms with Crippen LogP contribution in [-0.4, -0.2) is 42.6 Å². The van der Waals surface area contributed by atoms with Crippen LogP contribution in [0.2, 0.25) is 0 Å². The monoisotopic (exact) mass is 253 g/mol. The van der Waals surface area contributed by atoms with Crippen LogP contribution < -0.4 is 4.90 Å². The molecule has 17 heavy (non-hydrogen) atoms. The molecule has 0 N–H and O–H groups in total. The molecule has 0 aliphatic carbocycles. The molecule has 1 saturated heterocycles. The van der Waals surface area contributed by atoms with Crippen LogP contribution in [0.4, 0.5) is 5.82 Å². The van der Waals surface area contributed by atoms with Crippen molar-refractivity contribution < 1.29 is 0 Å². The first kappa shape index (κ1) is 12.7. The number of anilines is 1. The maximum absolute atomic E-state index is 5.90. The van der Waals surface area contributed by atoms with Crippen molar-refractivity contribution in [2.45, 2.75) is 19.7 Å². The van der Waals surface area contributed by atoms with Gasteiger partial charge in [0.2, 0.25) is 0 Å². The minimum Gasteiger partial charge on any atom is -0.354 e. The van der Waals surface area contributed by atoms with E-state index in [-0.39, 0.29) is 0 Å². The number of piperazine rings is 1. The van der Waals surface area contributed by atoms with Crippen LogP contribution in [0.5, 0.6) is 0 Å². The number of pyridine rings is 1. The first-order valence-electron chi connectivity index (χ1n) is 6.23. The topological polar surface area (TPSA) is 19.4 Å². The maximum atomic E-state index is 5.90. The van der Waals surface area contributed by atoms with Gasteiger partial charge in [0, 0.05) is 37.8 Å². The van der Waals surface area contributed by atoms with Gasteiger partial charge in [0.15, 0.2) is 0 Å². The Kier molecular flexibility index (Phi) is 4.24. The molecule has 1 aliphatic heterocycles. The second kappa shape index (κ2) is 5.69. The lowest BCUT2D eigenvalue weighted by Crippen LogP contribution is -2.46. The highest BCUT2D eigenvalue weighted by atomic mass is 35.5. The fraction of sp³-hybridized carbons (Fsp3) is 0.615. The Morgan fingerprint density at radius 3 is 2.53 bits per heavy atom. The molecule has 1 fully saturated rings. The molecule has 0 unspecified atom stereocenters. The van der Waals surface area contributed by atoms with Gasteiger partial charge in [0.25, 0.3) is 0 Å². The summed E-state index contributed by atoms with van der Waals surface area (Å²) in [5.41, 5.74) is 2.21. The molecule has 0 atom stereocenters. The lowest BCUT2D eigenvalue weighted by atomic mass is 10.2. The van der Waals surface area contributed by atoms with E-state index in [1.807, 2.05) is 6.92 Å². The van der Waals surface area contributed by atoms with E-state index in [0.29, 0.717) is 5.88 Å². The van der Waals surface area contributed by atoms with Crippen molar-refractivity contribution in [3.8, 4) is 0 Å². The standard InChI is InChI=1S/C13H20ClN3/c1-3-16-4-6-17(7-5-16)13-9-12(10-14)8-11(2)15-13/h8-9H,3-7,10H2,1-2H3. The summed E-state index contributed by atoms with van der Waals surface area (Å²) in [6, 6.07) is 4.17. The summed E-state index contributed by atoms with van der Waals surface area (Å²) in [5, 5.41) is 0. The number of hydrogen-bond donors (Lipinski definition) is 0. The Labute approximate surface area is 108 Å². The Morgan fingerprint density at radius 1 is 1.24 bits per heavy atom. The second-order valence-corrected chi connectivity index (χ2v) is 4.80. The van der Waals surface area contributed by atoms with E-state index in [1.165, 1.54) is 0 Å². The molecule has 0 bridgehead atoms. The normalized spacial score (nSPS) is 17.5. The number of hydrogen-bond acceptors (Lipinski definition) is 3. The number of aromatic nitrogens is 1. The Morgan fingerprint density at radius 2 is 1.94 bits per heavy atom. The highest BCUT2D eigenvalue weighted by Crippen LogP contribution is 2.18. The number of nitrogens with zero attached hydrogens (tertiary/aromatic N) is 3. The van der Waals surface area contributed by atoms with Gasteiger partial charge in [-0.2, -0.15) is 0 Å². The summed E-state index contributed by atoms with van der Waals surface area (Å²) in [5.74, 6) is 1.64. The molecule has 1 aromatic rings. The molecular weight excluding hydrogens is 234 g/mol. The number of likely N-dealkylation sites (N-methyl/N-ethyl adjacent to an activating group) is 1. The summed E-state index contributed by atoms with van der Waals surface area (Å²) in [6.45, 7) is 9.76. The number of rotatable bonds is 3. The molecule has 0 radical (unpaired) electrons. The van der Waals surface area contributed by atoms with Crippen LogP contribution in [0.1, 0.15) is 18.2 Å². The second-order valence-electron chi connectivity index (χ2n) is 4.53. The minimum atomic E-state index is 0.561. The molecule has 0 spiro atoms. The van der Waals surface area contributed by atoms with E-state index in [9.17, 15) is 0 Å². The third-order valence-electron chi connectivity index (χ3n) is 3.30. The van der Waals surface area contributed by atoms with E-state index < -0.39 is 0 Å². The highest BCUT2D eigenvalue weighted by molar-refractivity contribution is 6.17. The van der Waals surface area contributed by atoms with Crippen LogP contribution in [0.15, 0.2) is 12.1 Å². The molecule has 2 heterocycles. The van der Waals surface area contributed by atoms with Crippen LogP contribution >= 0.6 is 11.6 Å². The van der Waals surface area contributed by atoms with Crippen molar-refractivity contribution in [2.24, 2.45) is 0 Å². The molecule has 0 saturated carbocycles. The van der Waals surface area contributed by atoms with Gasteiger partial charge < -0.3 is 9.80 Å². The average molecular weight is 254 g/mol. The van der Waals surface area contributed by atoms with Crippen molar-refractivity contribution in [1.29, 1.82) is 0 Å². The van der Waals surface area contributed by atoms with Crippen molar-refractivity contribution in [1.82, 2.24) is 9.88 Å². The minimum absolute atomic E-state index is 0.561. The maximum Gasteiger partial charge on any atom is 0.129 e. The fourth-order valence-electron chi connectivity index (χ4n) is 2.25. The van der Waals surface area contributed by atoms with Crippen molar-refractivity contribution in [2.75, 3.05) is 37.6 Å². The van der Waals surface area contributed by atoms with Gasteiger partial charge in [-0.15, -0.1) is 11.6 Å². The number of aryl methyl sites for hydroxylation is 1. The molecule has 2 rings (SSSR count). The highest BCUT2D eigenvalue weighted by Gasteiger charge is 2.17. The molecule has 0 aromatic carbocycles. The zero-order chi connectivity index (χ0) is 12.3. The summed E-state index contributed by atoms with van der Waals surface area (Å²) in [6.07, 6.45) is 0. The zero-order valence-electron chi connectivity index (χ0n) is 10.6. The lowest BCUT2D eigenvalue weighted by molar-refractivity contribution is 0.270. The quantitative estimate of drug-likeness (QED) is 0.771. The number of alkyl halides is 1. The van der Waals surface area contributed by atoms with Gasteiger partial charge in [0.05, 0.1) is 0 Å².